The number of carbonyl (C=O) groups excluding carboxylic acids is 1. The third-order valence-electron chi connectivity index (χ3n) is 1.83. The van der Waals surface area contributed by atoms with Crippen LogP contribution in [0.2, 0.25) is 5.02 Å². The molecule has 0 radical (unpaired) electrons. The van der Waals surface area contributed by atoms with E-state index in [1.165, 1.54) is 13.0 Å². The van der Waals surface area contributed by atoms with Gasteiger partial charge in [-0.1, -0.05) is 23.7 Å². The van der Waals surface area contributed by atoms with E-state index in [4.69, 9.17) is 16.9 Å². The van der Waals surface area contributed by atoms with Crippen molar-refractivity contribution in [2.24, 2.45) is 0 Å². The molecule has 15 heavy (non-hydrogen) atoms. The van der Waals surface area contributed by atoms with E-state index in [2.05, 4.69) is 0 Å². The second-order valence-electron chi connectivity index (χ2n) is 2.87. The molecule has 1 rings (SSSR count). The fourth-order valence-corrected chi connectivity index (χ4v) is 1.31. The van der Waals surface area contributed by atoms with Gasteiger partial charge in [-0.3, -0.25) is 4.79 Å². The van der Waals surface area contributed by atoms with E-state index in [9.17, 15) is 9.90 Å². The first-order valence-corrected chi connectivity index (χ1v) is 4.55. The Kier molecular flexibility index (Phi) is 3.48. The van der Waals surface area contributed by atoms with E-state index in [-0.39, 0.29) is 16.9 Å². The summed E-state index contributed by atoms with van der Waals surface area (Å²) in [5, 5.41) is 18.7. The minimum Gasteiger partial charge on any atom is -0.506 e. The van der Waals surface area contributed by atoms with Crippen molar-refractivity contribution in [3.63, 3.8) is 0 Å². The molecule has 0 fully saturated rings. The summed E-state index contributed by atoms with van der Waals surface area (Å²) in [7, 11) is 0. The molecule has 4 heteroatoms. The van der Waals surface area contributed by atoms with Crippen molar-refractivity contribution in [2.45, 2.75) is 6.92 Å². The molecule has 1 N–H and O–H groups in total. The van der Waals surface area contributed by atoms with Crippen molar-refractivity contribution in [3.05, 3.63) is 40.4 Å². The Morgan fingerprint density at radius 1 is 1.47 bits per heavy atom. The molecule has 0 aliphatic carbocycles. The van der Waals surface area contributed by atoms with Crippen LogP contribution in [0.5, 0.6) is 0 Å². The number of nitrogens with zero attached hydrogens (tertiary/aromatic N) is 1. The number of ketones is 1. The molecule has 1 aromatic rings. The molecular weight excluding hydrogens is 214 g/mol. The standard InChI is InChI=1S/C11H8ClNO2/c1-7(14)9(6-13)11(15)8-4-2-3-5-10(8)12/h2-5,15H,1H3. The Morgan fingerprint density at radius 3 is 2.53 bits per heavy atom. The molecule has 3 nitrogen and oxygen atoms in total. The van der Waals surface area contributed by atoms with Crippen molar-refractivity contribution in [1.82, 2.24) is 0 Å². The van der Waals surface area contributed by atoms with Gasteiger partial charge in [-0.25, -0.2) is 0 Å². The van der Waals surface area contributed by atoms with Crippen molar-refractivity contribution >= 4 is 23.1 Å². The number of benzene rings is 1. The largest absolute Gasteiger partial charge is 0.506 e. The molecule has 0 saturated carbocycles. The van der Waals surface area contributed by atoms with Gasteiger partial charge < -0.3 is 5.11 Å². The Balaban J connectivity index is 3.37. The SMILES string of the molecule is CC(=O)C(C#N)=C(O)c1ccccc1Cl. The summed E-state index contributed by atoms with van der Waals surface area (Å²) in [6.07, 6.45) is 0. The van der Waals surface area contributed by atoms with Gasteiger partial charge in [0.15, 0.2) is 5.78 Å². The zero-order chi connectivity index (χ0) is 11.4. The molecule has 0 heterocycles. The van der Waals surface area contributed by atoms with Crippen molar-refractivity contribution in [1.29, 1.82) is 5.26 Å². The predicted octanol–water partition coefficient (Wildman–Crippen LogP) is 2.72. The lowest BCUT2D eigenvalue weighted by atomic mass is 10.1. The summed E-state index contributed by atoms with van der Waals surface area (Å²) < 4.78 is 0. The van der Waals surface area contributed by atoms with E-state index in [1.54, 1.807) is 24.3 Å². The molecule has 76 valence electrons. The number of nitriles is 1. The number of hydrogen-bond acceptors (Lipinski definition) is 3. The van der Waals surface area contributed by atoms with Crippen LogP contribution in [0, 0.1) is 11.3 Å². The van der Waals surface area contributed by atoms with E-state index in [0.29, 0.717) is 5.02 Å². The molecule has 0 amide bonds. The third-order valence-corrected chi connectivity index (χ3v) is 2.16. The van der Waals surface area contributed by atoms with Gasteiger partial charge in [0, 0.05) is 12.5 Å². The third kappa shape index (κ3) is 2.36. The molecule has 0 aliphatic heterocycles. The number of carbonyl (C=O) groups is 1. The molecule has 0 aliphatic rings. The molecule has 0 bridgehead atoms. The lowest BCUT2D eigenvalue weighted by Gasteiger charge is -2.03. The van der Waals surface area contributed by atoms with Crippen LogP contribution in [0.3, 0.4) is 0 Å². The normalized spacial score (nSPS) is 11.5. The Labute approximate surface area is 92.2 Å². The zero-order valence-corrected chi connectivity index (χ0v) is 8.75. The van der Waals surface area contributed by atoms with E-state index < -0.39 is 5.78 Å². The fraction of sp³-hybridized carbons (Fsp3) is 0.0909. The van der Waals surface area contributed by atoms with Gasteiger partial charge in [0.1, 0.15) is 17.4 Å². The van der Waals surface area contributed by atoms with Crippen LogP contribution in [0.4, 0.5) is 0 Å². The van der Waals surface area contributed by atoms with Crippen LogP contribution in [0.25, 0.3) is 5.76 Å². The van der Waals surface area contributed by atoms with Crippen molar-refractivity contribution in [2.75, 3.05) is 0 Å². The number of hydrogen-bond donors (Lipinski definition) is 1. The van der Waals surface area contributed by atoms with Gasteiger partial charge >= 0.3 is 0 Å². The maximum atomic E-state index is 11.0. The summed E-state index contributed by atoms with van der Waals surface area (Å²) in [6, 6.07) is 8.11. The number of Topliss-reactive ketones (excluding diaryl/α,β-unsaturated/α-hetero) is 1. The molecule has 0 aromatic heterocycles. The van der Waals surface area contributed by atoms with Crippen molar-refractivity contribution in [3.8, 4) is 6.07 Å². The highest BCUT2D eigenvalue weighted by atomic mass is 35.5. The second-order valence-corrected chi connectivity index (χ2v) is 3.28. The maximum absolute atomic E-state index is 11.0. The highest BCUT2D eigenvalue weighted by molar-refractivity contribution is 6.32. The van der Waals surface area contributed by atoms with Gasteiger partial charge in [-0.2, -0.15) is 5.26 Å². The Bertz CT molecular complexity index is 472. The molecule has 0 spiro atoms. The van der Waals surface area contributed by atoms with Crippen LogP contribution in [0.15, 0.2) is 29.8 Å². The number of allylic oxidation sites excluding steroid dienone is 1. The number of aliphatic hydroxyl groups excluding tert-OH is 1. The predicted molar refractivity (Wildman–Crippen MR) is 57.3 cm³/mol. The zero-order valence-electron chi connectivity index (χ0n) is 7.99. The summed E-state index contributed by atoms with van der Waals surface area (Å²) in [5.74, 6) is -0.870. The summed E-state index contributed by atoms with van der Waals surface area (Å²) in [6.45, 7) is 1.21. The monoisotopic (exact) mass is 221 g/mol. The van der Waals surface area contributed by atoms with Gasteiger partial charge in [0.2, 0.25) is 0 Å². The average Bonchev–Trinajstić information content (AvgIpc) is 2.18. The second kappa shape index (κ2) is 4.63. The van der Waals surface area contributed by atoms with Gasteiger partial charge in [0.25, 0.3) is 0 Å². The van der Waals surface area contributed by atoms with Crippen LogP contribution in [-0.4, -0.2) is 10.9 Å². The first kappa shape index (κ1) is 11.3. The molecule has 1 aromatic carbocycles. The van der Waals surface area contributed by atoms with Crippen molar-refractivity contribution < 1.29 is 9.90 Å². The highest BCUT2D eigenvalue weighted by Crippen LogP contribution is 2.24. The number of aliphatic hydroxyl groups is 1. The molecule has 0 unspecified atom stereocenters. The highest BCUT2D eigenvalue weighted by Gasteiger charge is 2.14. The maximum Gasteiger partial charge on any atom is 0.174 e. The van der Waals surface area contributed by atoms with E-state index in [1.807, 2.05) is 0 Å². The smallest absolute Gasteiger partial charge is 0.174 e. The van der Waals surface area contributed by atoms with E-state index in [0.717, 1.165) is 0 Å². The van der Waals surface area contributed by atoms with Gasteiger partial charge in [-0.15, -0.1) is 0 Å². The van der Waals surface area contributed by atoms with Crippen LogP contribution < -0.4 is 0 Å². The van der Waals surface area contributed by atoms with Gasteiger partial charge in [0.05, 0.1) is 5.02 Å². The Morgan fingerprint density at radius 2 is 2.07 bits per heavy atom. The summed E-state index contributed by atoms with van der Waals surface area (Å²) >= 11 is 5.81. The van der Waals surface area contributed by atoms with Crippen LogP contribution in [-0.2, 0) is 4.79 Å². The first-order valence-electron chi connectivity index (χ1n) is 4.17. The molecule has 0 atom stereocenters. The lowest BCUT2D eigenvalue weighted by Crippen LogP contribution is -1.99. The van der Waals surface area contributed by atoms with E-state index >= 15 is 0 Å². The van der Waals surface area contributed by atoms with Gasteiger partial charge in [-0.05, 0) is 12.1 Å². The number of rotatable bonds is 2. The molecular formula is C11H8ClNO2. The quantitative estimate of drug-likeness (QED) is 0.475. The number of halogens is 1. The van der Waals surface area contributed by atoms with Crippen LogP contribution in [0.1, 0.15) is 12.5 Å². The van der Waals surface area contributed by atoms with Crippen LogP contribution >= 0.6 is 11.6 Å². The fourth-order valence-electron chi connectivity index (χ4n) is 1.09. The molecule has 0 saturated heterocycles. The summed E-state index contributed by atoms with van der Waals surface area (Å²) in [4.78, 5) is 11.0. The first-order chi connectivity index (χ1) is 7.07. The summed E-state index contributed by atoms with van der Waals surface area (Å²) in [5.41, 5.74) is -0.00554. The minimum atomic E-state index is -0.491. The average molecular weight is 222 g/mol. The minimum absolute atomic E-state index is 0.283. The Hall–Kier alpha value is -1.79. The lowest BCUT2D eigenvalue weighted by molar-refractivity contribution is -0.113. The topological polar surface area (TPSA) is 61.1 Å².